The van der Waals surface area contributed by atoms with Crippen LogP contribution in [0.25, 0.3) is 0 Å². The van der Waals surface area contributed by atoms with E-state index in [1.807, 2.05) is 0 Å². The average Bonchev–Trinajstić information content (AvgIpc) is 2.16. The molecule has 0 fully saturated rings. The van der Waals surface area contributed by atoms with E-state index in [0.717, 1.165) is 0 Å². The highest BCUT2D eigenvalue weighted by molar-refractivity contribution is 5.90. The zero-order valence-corrected chi connectivity index (χ0v) is 7.65. The minimum atomic E-state index is -0.380. The Labute approximate surface area is 76.7 Å². The highest BCUT2D eigenvalue weighted by atomic mass is 16.5. The molecular formula is C9H12N2O2. The molecule has 0 aromatic carbocycles. The van der Waals surface area contributed by atoms with E-state index in [4.69, 9.17) is 5.73 Å². The summed E-state index contributed by atoms with van der Waals surface area (Å²) in [7, 11) is 1.34. The topological polar surface area (TPSA) is 65.2 Å². The predicted molar refractivity (Wildman–Crippen MR) is 48.2 cm³/mol. The van der Waals surface area contributed by atoms with Crippen LogP contribution in [0.15, 0.2) is 18.5 Å². The van der Waals surface area contributed by atoms with Gasteiger partial charge in [-0.2, -0.15) is 0 Å². The fraction of sp³-hybridized carbons (Fsp3) is 0.333. The van der Waals surface area contributed by atoms with Crippen molar-refractivity contribution in [3.05, 3.63) is 29.6 Å². The van der Waals surface area contributed by atoms with Gasteiger partial charge in [0.15, 0.2) is 0 Å². The number of carbonyl (C=O) groups excluding carboxylic acids is 1. The van der Waals surface area contributed by atoms with Gasteiger partial charge in [0.1, 0.15) is 0 Å². The van der Waals surface area contributed by atoms with Crippen LogP contribution >= 0.6 is 0 Å². The van der Waals surface area contributed by atoms with E-state index in [1.54, 1.807) is 19.2 Å². The number of aromatic nitrogens is 1. The molecule has 0 saturated carbocycles. The Morgan fingerprint density at radius 3 is 2.92 bits per heavy atom. The molecule has 0 spiro atoms. The predicted octanol–water partition coefficient (Wildman–Crippen LogP) is 0.888. The summed E-state index contributed by atoms with van der Waals surface area (Å²) in [5.41, 5.74) is 6.84. The van der Waals surface area contributed by atoms with Gasteiger partial charge in [-0.25, -0.2) is 4.79 Å². The molecule has 0 radical (unpaired) electrons. The van der Waals surface area contributed by atoms with Crippen LogP contribution in [0.2, 0.25) is 0 Å². The largest absolute Gasteiger partial charge is 0.465 e. The summed E-state index contributed by atoms with van der Waals surface area (Å²) in [6.45, 7) is 1.80. The first-order valence-electron chi connectivity index (χ1n) is 3.94. The summed E-state index contributed by atoms with van der Waals surface area (Å²) in [6, 6.07) is 1.38. The Hall–Kier alpha value is -1.42. The van der Waals surface area contributed by atoms with Gasteiger partial charge < -0.3 is 10.5 Å². The van der Waals surface area contributed by atoms with Gasteiger partial charge in [0.25, 0.3) is 0 Å². The molecule has 70 valence electrons. The SMILES string of the molecule is COC(=O)c1ccncc1[C@H](C)N. The number of rotatable bonds is 2. The lowest BCUT2D eigenvalue weighted by atomic mass is 10.1. The first-order valence-corrected chi connectivity index (χ1v) is 3.94. The zero-order chi connectivity index (χ0) is 9.84. The van der Waals surface area contributed by atoms with Crippen LogP contribution in [0, 0.1) is 0 Å². The molecule has 0 bridgehead atoms. The molecule has 0 aliphatic rings. The summed E-state index contributed by atoms with van der Waals surface area (Å²) < 4.78 is 4.60. The third-order valence-electron chi connectivity index (χ3n) is 1.75. The minimum Gasteiger partial charge on any atom is -0.465 e. The lowest BCUT2D eigenvalue weighted by Gasteiger charge is -2.09. The number of nitrogens with two attached hydrogens (primary N) is 1. The van der Waals surface area contributed by atoms with Crippen molar-refractivity contribution in [2.45, 2.75) is 13.0 Å². The summed E-state index contributed by atoms with van der Waals surface area (Å²) >= 11 is 0. The summed E-state index contributed by atoms with van der Waals surface area (Å²) in [6.07, 6.45) is 3.12. The first-order chi connectivity index (χ1) is 6.16. The Kier molecular flexibility index (Phi) is 2.97. The quantitative estimate of drug-likeness (QED) is 0.686. The molecule has 2 N–H and O–H groups in total. The fourth-order valence-corrected chi connectivity index (χ4v) is 1.07. The third kappa shape index (κ3) is 2.03. The standard InChI is InChI=1S/C9H12N2O2/c1-6(10)8-5-11-4-3-7(8)9(12)13-2/h3-6H,10H2,1-2H3/t6-/m0/s1. The first kappa shape index (κ1) is 9.67. The lowest BCUT2D eigenvalue weighted by Crippen LogP contribution is -2.13. The maximum Gasteiger partial charge on any atom is 0.338 e. The number of hydrogen-bond donors (Lipinski definition) is 1. The maximum absolute atomic E-state index is 11.2. The number of carbonyl (C=O) groups is 1. The molecule has 0 saturated heterocycles. The third-order valence-corrected chi connectivity index (χ3v) is 1.75. The maximum atomic E-state index is 11.2. The van der Waals surface area contributed by atoms with Crippen LogP contribution in [0.5, 0.6) is 0 Å². The van der Waals surface area contributed by atoms with Gasteiger partial charge in [0, 0.05) is 24.0 Å². The van der Waals surface area contributed by atoms with Crippen LogP contribution < -0.4 is 5.73 Å². The molecule has 0 aliphatic heterocycles. The molecule has 0 unspecified atom stereocenters. The van der Waals surface area contributed by atoms with Crippen molar-refractivity contribution in [2.24, 2.45) is 5.73 Å². The molecule has 4 heteroatoms. The van der Waals surface area contributed by atoms with E-state index in [0.29, 0.717) is 11.1 Å². The average molecular weight is 180 g/mol. The van der Waals surface area contributed by atoms with Gasteiger partial charge in [-0.05, 0) is 13.0 Å². The molecule has 1 atom stereocenters. The fourth-order valence-electron chi connectivity index (χ4n) is 1.07. The molecule has 1 rings (SSSR count). The van der Waals surface area contributed by atoms with Gasteiger partial charge >= 0.3 is 5.97 Å². The smallest absolute Gasteiger partial charge is 0.338 e. The molecule has 4 nitrogen and oxygen atoms in total. The van der Waals surface area contributed by atoms with E-state index in [-0.39, 0.29) is 12.0 Å². The number of ether oxygens (including phenoxy) is 1. The number of nitrogens with zero attached hydrogens (tertiary/aromatic N) is 1. The van der Waals surface area contributed by atoms with Crippen molar-refractivity contribution in [1.29, 1.82) is 0 Å². The van der Waals surface area contributed by atoms with Crippen molar-refractivity contribution in [3.8, 4) is 0 Å². The van der Waals surface area contributed by atoms with E-state index in [2.05, 4.69) is 9.72 Å². The van der Waals surface area contributed by atoms with Gasteiger partial charge in [0.05, 0.1) is 12.7 Å². The molecule has 1 aromatic heterocycles. The van der Waals surface area contributed by atoms with Crippen LogP contribution in [-0.2, 0) is 4.74 Å². The summed E-state index contributed by atoms with van der Waals surface area (Å²) in [5.74, 6) is -0.380. The zero-order valence-electron chi connectivity index (χ0n) is 7.65. The molecule has 13 heavy (non-hydrogen) atoms. The molecule has 0 amide bonds. The van der Waals surface area contributed by atoms with Crippen molar-refractivity contribution in [1.82, 2.24) is 4.98 Å². The Balaban J connectivity index is 3.12. The van der Waals surface area contributed by atoms with E-state index in [9.17, 15) is 4.79 Å². The normalized spacial score (nSPS) is 12.2. The lowest BCUT2D eigenvalue weighted by molar-refractivity contribution is 0.0599. The number of methoxy groups -OCH3 is 1. The van der Waals surface area contributed by atoms with Crippen molar-refractivity contribution in [2.75, 3.05) is 7.11 Å². The summed E-state index contributed by atoms with van der Waals surface area (Å²) in [5, 5.41) is 0. The highest BCUT2D eigenvalue weighted by Crippen LogP contribution is 2.14. The Bertz CT molecular complexity index is 310. The Morgan fingerprint density at radius 1 is 1.69 bits per heavy atom. The highest BCUT2D eigenvalue weighted by Gasteiger charge is 2.13. The molecule has 1 aromatic rings. The van der Waals surface area contributed by atoms with Crippen LogP contribution in [0.4, 0.5) is 0 Å². The second kappa shape index (κ2) is 4.00. The van der Waals surface area contributed by atoms with Gasteiger partial charge in [-0.15, -0.1) is 0 Å². The molecular weight excluding hydrogens is 168 g/mol. The molecule has 0 aliphatic carbocycles. The second-order valence-electron chi connectivity index (χ2n) is 2.74. The minimum absolute atomic E-state index is 0.220. The van der Waals surface area contributed by atoms with Crippen LogP contribution in [-0.4, -0.2) is 18.1 Å². The summed E-state index contributed by atoms with van der Waals surface area (Å²) in [4.78, 5) is 15.1. The van der Waals surface area contributed by atoms with Gasteiger partial charge in [-0.1, -0.05) is 0 Å². The Morgan fingerprint density at radius 2 is 2.38 bits per heavy atom. The van der Waals surface area contributed by atoms with Gasteiger partial charge in [-0.3, -0.25) is 4.98 Å². The van der Waals surface area contributed by atoms with Crippen LogP contribution in [0.1, 0.15) is 28.9 Å². The van der Waals surface area contributed by atoms with E-state index >= 15 is 0 Å². The monoisotopic (exact) mass is 180 g/mol. The van der Waals surface area contributed by atoms with Crippen molar-refractivity contribution >= 4 is 5.97 Å². The van der Waals surface area contributed by atoms with Crippen molar-refractivity contribution < 1.29 is 9.53 Å². The number of esters is 1. The number of pyridine rings is 1. The van der Waals surface area contributed by atoms with Crippen LogP contribution in [0.3, 0.4) is 0 Å². The second-order valence-corrected chi connectivity index (χ2v) is 2.74. The van der Waals surface area contributed by atoms with E-state index < -0.39 is 0 Å². The van der Waals surface area contributed by atoms with E-state index in [1.165, 1.54) is 13.3 Å². The number of hydrogen-bond acceptors (Lipinski definition) is 4. The van der Waals surface area contributed by atoms with Crippen molar-refractivity contribution in [3.63, 3.8) is 0 Å². The molecule has 1 heterocycles. The van der Waals surface area contributed by atoms with Gasteiger partial charge in [0.2, 0.25) is 0 Å².